The van der Waals surface area contributed by atoms with Gasteiger partial charge in [-0.2, -0.15) is 0 Å². The number of hydrogen-bond donors (Lipinski definition) is 1. The van der Waals surface area contributed by atoms with Crippen molar-refractivity contribution in [1.29, 1.82) is 0 Å². The van der Waals surface area contributed by atoms with Crippen LogP contribution in [0.1, 0.15) is 5.56 Å². The molecule has 1 aromatic carbocycles. The Kier molecular flexibility index (Phi) is 6.33. The maximum absolute atomic E-state index is 13.5. The van der Waals surface area contributed by atoms with Crippen molar-refractivity contribution in [2.45, 2.75) is 6.42 Å². The van der Waals surface area contributed by atoms with Crippen LogP contribution >= 0.6 is 24.0 Å². The first-order chi connectivity index (χ1) is 8.70. The van der Waals surface area contributed by atoms with Gasteiger partial charge in [0.15, 0.2) is 17.5 Å². The number of ether oxygens (including phenoxy) is 1. The second kappa shape index (κ2) is 7.52. The molecule has 0 aromatic heterocycles. The van der Waals surface area contributed by atoms with Crippen molar-refractivity contribution in [2.24, 2.45) is 4.99 Å². The number of benzene rings is 1. The Morgan fingerprint density at radius 2 is 2.26 bits per heavy atom. The summed E-state index contributed by atoms with van der Waals surface area (Å²) in [6, 6.07) is 5.05. The molecule has 1 aromatic rings. The van der Waals surface area contributed by atoms with Gasteiger partial charge >= 0.3 is 0 Å². The van der Waals surface area contributed by atoms with Crippen molar-refractivity contribution in [3.05, 3.63) is 29.6 Å². The molecule has 0 saturated heterocycles. The van der Waals surface area contributed by atoms with Gasteiger partial charge in [0, 0.05) is 20.1 Å². The predicted molar refractivity (Wildman–Crippen MR) is 85.0 cm³/mol. The molecule has 0 radical (unpaired) electrons. The van der Waals surface area contributed by atoms with Crippen molar-refractivity contribution >= 4 is 29.9 Å². The van der Waals surface area contributed by atoms with E-state index in [2.05, 4.69) is 15.2 Å². The first-order valence-electron chi connectivity index (χ1n) is 6.02. The molecular formula is C13H19FIN3O. The SMILES string of the molecule is COc1ccc(CCNC2=NCCN2C)cc1F.I. The molecule has 1 N–H and O–H groups in total. The summed E-state index contributed by atoms with van der Waals surface area (Å²) in [5.41, 5.74) is 0.946. The third-order valence-electron chi connectivity index (χ3n) is 2.97. The van der Waals surface area contributed by atoms with E-state index in [0.29, 0.717) is 0 Å². The second-order valence-electron chi connectivity index (χ2n) is 4.27. The highest BCUT2D eigenvalue weighted by Crippen LogP contribution is 2.17. The lowest BCUT2D eigenvalue weighted by molar-refractivity contribution is 0.386. The minimum absolute atomic E-state index is 0. The predicted octanol–water partition coefficient (Wildman–Crippen LogP) is 1.89. The Morgan fingerprint density at radius 1 is 1.47 bits per heavy atom. The summed E-state index contributed by atoms with van der Waals surface area (Å²) in [5.74, 6) is 0.890. The van der Waals surface area contributed by atoms with E-state index in [4.69, 9.17) is 4.74 Å². The fourth-order valence-electron chi connectivity index (χ4n) is 1.91. The molecule has 0 saturated carbocycles. The summed E-state index contributed by atoms with van der Waals surface area (Å²) in [4.78, 5) is 6.41. The van der Waals surface area contributed by atoms with Gasteiger partial charge < -0.3 is 15.0 Å². The molecule has 0 atom stereocenters. The number of hydrogen-bond acceptors (Lipinski definition) is 4. The molecule has 1 aliphatic rings. The molecule has 1 aliphatic heterocycles. The molecule has 2 rings (SSSR count). The van der Waals surface area contributed by atoms with E-state index in [0.717, 1.165) is 37.6 Å². The average molecular weight is 379 g/mol. The fraction of sp³-hybridized carbons (Fsp3) is 0.462. The zero-order chi connectivity index (χ0) is 13.0. The van der Waals surface area contributed by atoms with Crippen LogP contribution in [0.25, 0.3) is 0 Å². The first kappa shape index (κ1) is 16.0. The highest BCUT2D eigenvalue weighted by molar-refractivity contribution is 14.0. The quantitative estimate of drug-likeness (QED) is 0.812. The third kappa shape index (κ3) is 4.22. The smallest absolute Gasteiger partial charge is 0.193 e. The second-order valence-corrected chi connectivity index (χ2v) is 4.27. The Hall–Kier alpha value is -1.05. The number of likely N-dealkylation sites (N-methyl/N-ethyl adjacent to an activating group) is 1. The Balaban J connectivity index is 0.00000180. The standard InChI is InChI=1S/C13H18FN3O.HI/c1-17-8-7-16-13(17)15-6-5-10-3-4-12(18-2)11(14)9-10;/h3-4,9H,5-8H2,1-2H3,(H,15,16);1H. The van der Waals surface area contributed by atoms with Gasteiger partial charge in [-0.15, -0.1) is 24.0 Å². The van der Waals surface area contributed by atoms with Gasteiger partial charge in [-0.05, 0) is 24.1 Å². The lowest BCUT2D eigenvalue weighted by atomic mass is 10.1. The van der Waals surface area contributed by atoms with Crippen molar-refractivity contribution in [1.82, 2.24) is 10.2 Å². The maximum Gasteiger partial charge on any atom is 0.193 e. The van der Waals surface area contributed by atoms with Crippen molar-refractivity contribution < 1.29 is 9.13 Å². The Labute approximate surface area is 130 Å². The van der Waals surface area contributed by atoms with Crippen LogP contribution in [0.3, 0.4) is 0 Å². The van der Waals surface area contributed by atoms with E-state index >= 15 is 0 Å². The lowest BCUT2D eigenvalue weighted by Crippen LogP contribution is -2.36. The molecule has 106 valence electrons. The van der Waals surface area contributed by atoms with Crippen LogP contribution in [-0.4, -0.2) is 44.7 Å². The van der Waals surface area contributed by atoms with Crippen LogP contribution in [0.5, 0.6) is 5.75 Å². The zero-order valence-corrected chi connectivity index (χ0v) is 13.5. The molecule has 0 fully saturated rings. The molecule has 0 bridgehead atoms. The number of rotatable bonds is 4. The van der Waals surface area contributed by atoms with E-state index in [1.165, 1.54) is 13.2 Å². The highest BCUT2D eigenvalue weighted by atomic mass is 127. The van der Waals surface area contributed by atoms with Gasteiger partial charge in [0.1, 0.15) is 0 Å². The van der Waals surface area contributed by atoms with Crippen LogP contribution in [0.15, 0.2) is 23.2 Å². The molecule has 0 amide bonds. The summed E-state index contributed by atoms with van der Waals surface area (Å²) < 4.78 is 18.3. The number of halogens is 2. The molecule has 1 heterocycles. The topological polar surface area (TPSA) is 36.9 Å². The first-order valence-corrected chi connectivity index (χ1v) is 6.02. The van der Waals surface area contributed by atoms with Crippen LogP contribution in [-0.2, 0) is 6.42 Å². The largest absolute Gasteiger partial charge is 0.494 e. The number of methoxy groups -OCH3 is 1. The molecule has 6 heteroatoms. The fourth-order valence-corrected chi connectivity index (χ4v) is 1.91. The van der Waals surface area contributed by atoms with Gasteiger partial charge in [0.05, 0.1) is 13.7 Å². The van der Waals surface area contributed by atoms with E-state index in [1.54, 1.807) is 6.07 Å². The monoisotopic (exact) mass is 379 g/mol. The van der Waals surface area contributed by atoms with Crippen LogP contribution in [0.4, 0.5) is 4.39 Å². The minimum atomic E-state index is -0.315. The molecule has 0 aliphatic carbocycles. The minimum Gasteiger partial charge on any atom is -0.494 e. The highest BCUT2D eigenvalue weighted by Gasteiger charge is 2.11. The lowest BCUT2D eigenvalue weighted by Gasteiger charge is -2.15. The number of nitrogens with one attached hydrogen (secondary N) is 1. The van der Waals surface area contributed by atoms with E-state index < -0.39 is 0 Å². The molecule has 19 heavy (non-hydrogen) atoms. The molecule has 0 spiro atoms. The number of aliphatic imine (C=N–C) groups is 1. The van der Waals surface area contributed by atoms with Gasteiger partial charge in [0.25, 0.3) is 0 Å². The van der Waals surface area contributed by atoms with Crippen LogP contribution in [0.2, 0.25) is 0 Å². The molecule has 0 unspecified atom stereocenters. The van der Waals surface area contributed by atoms with Crippen molar-refractivity contribution in [2.75, 3.05) is 33.8 Å². The van der Waals surface area contributed by atoms with Gasteiger partial charge in [-0.1, -0.05) is 6.07 Å². The number of nitrogens with zero attached hydrogens (tertiary/aromatic N) is 2. The van der Waals surface area contributed by atoms with E-state index in [9.17, 15) is 4.39 Å². The summed E-state index contributed by atoms with van der Waals surface area (Å²) in [7, 11) is 3.47. The van der Waals surface area contributed by atoms with Gasteiger partial charge in [0.2, 0.25) is 0 Å². The zero-order valence-electron chi connectivity index (χ0n) is 11.1. The summed E-state index contributed by atoms with van der Waals surface area (Å²) in [6.07, 6.45) is 0.758. The maximum atomic E-state index is 13.5. The summed E-state index contributed by atoms with van der Waals surface area (Å²) in [5, 5.41) is 3.25. The van der Waals surface area contributed by atoms with Crippen molar-refractivity contribution in [3.63, 3.8) is 0 Å². The Bertz CT molecular complexity index is 454. The average Bonchev–Trinajstić information content (AvgIpc) is 2.75. The normalized spacial score (nSPS) is 13.8. The van der Waals surface area contributed by atoms with Crippen LogP contribution < -0.4 is 10.1 Å². The van der Waals surface area contributed by atoms with E-state index in [-0.39, 0.29) is 35.5 Å². The Morgan fingerprint density at radius 3 is 2.84 bits per heavy atom. The van der Waals surface area contributed by atoms with E-state index in [1.807, 2.05) is 13.1 Å². The molecular weight excluding hydrogens is 360 g/mol. The third-order valence-corrected chi connectivity index (χ3v) is 2.97. The summed E-state index contributed by atoms with van der Waals surface area (Å²) in [6.45, 7) is 2.55. The van der Waals surface area contributed by atoms with Crippen LogP contribution in [0, 0.1) is 5.82 Å². The number of guanidine groups is 1. The summed E-state index contributed by atoms with van der Waals surface area (Å²) >= 11 is 0. The van der Waals surface area contributed by atoms with Gasteiger partial charge in [-0.25, -0.2) is 4.39 Å². The van der Waals surface area contributed by atoms with Crippen molar-refractivity contribution in [3.8, 4) is 5.75 Å². The van der Waals surface area contributed by atoms with Gasteiger partial charge in [-0.3, -0.25) is 4.99 Å². The molecule has 4 nitrogen and oxygen atoms in total.